The summed E-state index contributed by atoms with van der Waals surface area (Å²) in [6.45, 7) is 0. The van der Waals surface area contributed by atoms with Gasteiger partial charge >= 0.3 is 6.09 Å². The zero-order valence-electron chi connectivity index (χ0n) is 22.5. The van der Waals surface area contributed by atoms with Crippen LogP contribution < -0.4 is 26.0 Å². The van der Waals surface area contributed by atoms with E-state index in [-0.39, 0.29) is 29.1 Å². The molecule has 0 radical (unpaired) electrons. The predicted octanol–water partition coefficient (Wildman–Crippen LogP) is 7.53. The highest BCUT2D eigenvalue weighted by atomic mass is 35.5. The number of nitro benzene ring substituents is 1. The van der Waals surface area contributed by atoms with E-state index in [0.29, 0.717) is 33.3 Å². The third kappa shape index (κ3) is 7.60. The topological polar surface area (TPSA) is 160 Å². The van der Waals surface area contributed by atoms with E-state index < -0.39 is 16.8 Å². The molecule has 0 unspecified atom stereocenters. The molecule has 0 spiro atoms. The van der Waals surface area contributed by atoms with E-state index in [1.807, 2.05) is 0 Å². The maximum absolute atomic E-state index is 14.5. The van der Waals surface area contributed by atoms with Gasteiger partial charge in [-0.1, -0.05) is 23.7 Å². The first-order valence-corrected chi connectivity index (χ1v) is 13.2. The van der Waals surface area contributed by atoms with Gasteiger partial charge in [0.2, 0.25) is 5.95 Å². The number of rotatable bonds is 9. The van der Waals surface area contributed by atoms with Crippen molar-refractivity contribution in [3.63, 3.8) is 0 Å². The third-order valence-electron chi connectivity index (χ3n) is 5.92. The Hall–Kier alpha value is -6.08. The lowest BCUT2D eigenvalue weighted by Crippen LogP contribution is -2.16. The lowest BCUT2D eigenvalue weighted by atomic mass is 10.2. The number of para-hydroxylation sites is 1. The van der Waals surface area contributed by atoms with Crippen LogP contribution in [0, 0.1) is 15.9 Å². The standard InChI is InChI=1S/C30H21ClFN7O5/c31-24-3-1-2-4-26(24)37-28(40)18-5-7-19(8-6-18)34-27-25(32)17-33-29(38-27)35-20-9-11-21(12-10-20)36-30(41)44-23-15-13-22(14-16-23)39(42)43/h1-17H,(H,36,41)(H,37,40)(H2,33,34,35,38). The van der Waals surface area contributed by atoms with E-state index >= 15 is 0 Å². The number of carbonyl (C=O) groups excluding carboxylic acids is 2. The SMILES string of the molecule is O=C(Nc1ccc(Nc2ncc(F)c(Nc3ccc(C(=O)Nc4ccccc4Cl)cc3)n2)cc1)Oc1ccc([N+](=O)[O-])cc1. The number of carbonyl (C=O) groups is 2. The van der Waals surface area contributed by atoms with Gasteiger partial charge in [0.25, 0.3) is 11.6 Å². The zero-order chi connectivity index (χ0) is 31.1. The summed E-state index contributed by atoms with van der Waals surface area (Å²) >= 11 is 6.10. The van der Waals surface area contributed by atoms with Gasteiger partial charge in [0, 0.05) is 34.8 Å². The number of hydrogen-bond donors (Lipinski definition) is 4. The van der Waals surface area contributed by atoms with E-state index in [9.17, 15) is 24.1 Å². The zero-order valence-corrected chi connectivity index (χ0v) is 23.2. The highest BCUT2D eigenvalue weighted by Crippen LogP contribution is 2.24. The molecule has 0 aliphatic heterocycles. The highest BCUT2D eigenvalue weighted by Gasteiger charge is 2.12. The molecule has 4 aromatic carbocycles. The highest BCUT2D eigenvalue weighted by molar-refractivity contribution is 6.33. The van der Waals surface area contributed by atoms with Gasteiger partial charge in [-0.2, -0.15) is 4.98 Å². The fourth-order valence-corrected chi connectivity index (χ4v) is 3.95. The van der Waals surface area contributed by atoms with E-state index in [1.54, 1.807) is 72.8 Å². The number of anilines is 6. The van der Waals surface area contributed by atoms with Crippen LogP contribution in [0.25, 0.3) is 0 Å². The number of non-ortho nitro benzene ring substituents is 1. The third-order valence-corrected chi connectivity index (χ3v) is 6.25. The predicted molar refractivity (Wildman–Crippen MR) is 164 cm³/mol. The molecule has 220 valence electrons. The molecule has 1 aromatic heterocycles. The first-order chi connectivity index (χ1) is 21.2. The average Bonchev–Trinajstić information content (AvgIpc) is 3.01. The van der Waals surface area contributed by atoms with Crippen molar-refractivity contribution in [1.29, 1.82) is 0 Å². The van der Waals surface area contributed by atoms with E-state index in [0.717, 1.165) is 6.20 Å². The van der Waals surface area contributed by atoms with Gasteiger partial charge in [-0.05, 0) is 72.8 Å². The quantitative estimate of drug-likeness (QED) is 0.0972. The number of benzene rings is 4. The number of aromatic nitrogens is 2. The van der Waals surface area contributed by atoms with E-state index in [4.69, 9.17) is 16.3 Å². The van der Waals surface area contributed by atoms with E-state index in [1.165, 1.54) is 24.3 Å². The first kappa shape index (κ1) is 29.4. The molecule has 14 heteroatoms. The Morgan fingerprint density at radius 2 is 1.45 bits per heavy atom. The molecule has 0 bridgehead atoms. The van der Waals surface area contributed by atoms with Gasteiger partial charge in [-0.15, -0.1) is 0 Å². The summed E-state index contributed by atoms with van der Waals surface area (Å²) < 4.78 is 19.6. The summed E-state index contributed by atoms with van der Waals surface area (Å²) in [6, 6.07) is 24.7. The number of hydrogen-bond acceptors (Lipinski definition) is 9. The summed E-state index contributed by atoms with van der Waals surface area (Å²) in [5, 5.41) is 22.3. The molecule has 44 heavy (non-hydrogen) atoms. The average molecular weight is 614 g/mol. The molecule has 0 saturated heterocycles. The molecule has 4 N–H and O–H groups in total. The van der Waals surface area contributed by atoms with Crippen molar-refractivity contribution in [3.8, 4) is 5.75 Å². The first-order valence-electron chi connectivity index (χ1n) is 12.8. The number of nitrogens with one attached hydrogen (secondary N) is 4. The minimum atomic E-state index is -0.786. The number of amides is 2. The largest absolute Gasteiger partial charge is 0.417 e. The molecule has 12 nitrogen and oxygen atoms in total. The number of halogens is 2. The Morgan fingerprint density at radius 3 is 2.14 bits per heavy atom. The van der Waals surface area contributed by atoms with Gasteiger partial charge in [-0.25, -0.2) is 14.2 Å². The van der Waals surface area contributed by atoms with Crippen LogP contribution in [0.3, 0.4) is 0 Å². The fraction of sp³-hybridized carbons (Fsp3) is 0. The molecule has 5 rings (SSSR count). The Morgan fingerprint density at radius 1 is 0.818 bits per heavy atom. The minimum Gasteiger partial charge on any atom is -0.410 e. The van der Waals surface area contributed by atoms with Crippen LogP contribution in [0.15, 0.2) is 103 Å². The molecular weight excluding hydrogens is 593 g/mol. The smallest absolute Gasteiger partial charge is 0.410 e. The van der Waals surface area contributed by atoms with E-state index in [2.05, 4.69) is 31.2 Å². The van der Waals surface area contributed by atoms with Crippen LogP contribution >= 0.6 is 11.6 Å². The van der Waals surface area contributed by atoms with Gasteiger partial charge in [0.15, 0.2) is 11.6 Å². The number of ether oxygens (including phenoxy) is 1. The number of nitrogens with zero attached hydrogens (tertiary/aromatic N) is 3. The Bertz CT molecular complexity index is 1820. The summed E-state index contributed by atoms with van der Waals surface area (Å²) in [5.41, 5.74) is 2.18. The van der Waals surface area contributed by atoms with Crippen LogP contribution in [0.1, 0.15) is 10.4 Å². The normalized spacial score (nSPS) is 10.4. The maximum Gasteiger partial charge on any atom is 0.417 e. The Balaban J connectivity index is 1.17. The summed E-state index contributed by atoms with van der Waals surface area (Å²) in [7, 11) is 0. The lowest BCUT2D eigenvalue weighted by Gasteiger charge is -2.11. The van der Waals surface area contributed by atoms with Crippen LogP contribution in [-0.2, 0) is 0 Å². The molecule has 0 saturated carbocycles. The molecule has 2 amide bonds. The van der Waals surface area contributed by atoms with Crippen LogP contribution in [0.2, 0.25) is 5.02 Å². The van der Waals surface area contributed by atoms with Crippen molar-refractivity contribution in [2.24, 2.45) is 0 Å². The molecule has 1 heterocycles. The fourth-order valence-electron chi connectivity index (χ4n) is 3.77. The van der Waals surface area contributed by atoms with Crippen molar-refractivity contribution in [2.45, 2.75) is 0 Å². The monoisotopic (exact) mass is 613 g/mol. The van der Waals surface area contributed by atoms with Crippen molar-refractivity contribution in [1.82, 2.24) is 9.97 Å². The van der Waals surface area contributed by atoms with Gasteiger partial charge in [0.05, 0.1) is 21.8 Å². The summed E-state index contributed by atoms with van der Waals surface area (Å²) in [5.74, 6) is -0.904. The second-order valence-electron chi connectivity index (χ2n) is 8.99. The lowest BCUT2D eigenvalue weighted by molar-refractivity contribution is -0.384. The molecule has 0 aliphatic carbocycles. The van der Waals surface area contributed by atoms with Gasteiger partial charge in [-0.3, -0.25) is 20.2 Å². The van der Waals surface area contributed by atoms with Crippen LogP contribution in [0.4, 0.5) is 49.4 Å². The van der Waals surface area contributed by atoms with Crippen LogP contribution in [-0.4, -0.2) is 26.9 Å². The van der Waals surface area contributed by atoms with Gasteiger partial charge in [0.1, 0.15) is 5.75 Å². The van der Waals surface area contributed by atoms with Crippen molar-refractivity contribution in [3.05, 3.63) is 130 Å². The van der Waals surface area contributed by atoms with Crippen molar-refractivity contribution in [2.75, 3.05) is 21.3 Å². The molecule has 0 aliphatic rings. The molecule has 0 fully saturated rings. The summed E-state index contributed by atoms with van der Waals surface area (Å²) in [4.78, 5) is 43.1. The second-order valence-corrected chi connectivity index (χ2v) is 9.40. The molecule has 5 aromatic rings. The Kier molecular flexibility index (Phi) is 8.87. The Labute approximate surface area is 254 Å². The van der Waals surface area contributed by atoms with Gasteiger partial charge < -0.3 is 20.7 Å². The summed E-state index contributed by atoms with van der Waals surface area (Å²) in [6.07, 6.45) is 0.221. The molecular formula is C30H21ClFN7O5. The maximum atomic E-state index is 14.5. The van der Waals surface area contributed by atoms with Crippen molar-refractivity contribution >= 4 is 63.8 Å². The number of nitro groups is 1. The van der Waals surface area contributed by atoms with Crippen molar-refractivity contribution < 1.29 is 23.6 Å². The molecule has 0 atom stereocenters. The van der Waals surface area contributed by atoms with Crippen LogP contribution in [0.5, 0.6) is 5.75 Å². The second kappa shape index (κ2) is 13.3. The minimum absolute atomic E-state index is 0.0944.